The highest BCUT2D eigenvalue weighted by Gasteiger charge is 2.30. The summed E-state index contributed by atoms with van der Waals surface area (Å²) in [6.45, 7) is 0.113. The van der Waals surface area contributed by atoms with Crippen molar-refractivity contribution in [2.24, 2.45) is 0 Å². The minimum atomic E-state index is -4.64. The molecule has 0 aliphatic rings. The highest BCUT2D eigenvalue weighted by Crippen LogP contribution is 2.31. The first kappa shape index (κ1) is 25.5. The number of ether oxygens (including phenoxy) is 1. The van der Waals surface area contributed by atoms with Crippen LogP contribution in [0.5, 0.6) is 0 Å². The molecule has 1 heterocycles. The standard InChI is InChI=1S/C24H17Cl2F4NO3/c1-34-23(33)15-4-2-14(3-5-15)10-11-31-21(18(25)13-19(26)22(31)32)9-6-16-12-17(24(28,29)30)7-8-20(16)27/h2-9,12-13H,10-11H2,1H3. The van der Waals surface area contributed by atoms with E-state index in [1.807, 2.05) is 0 Å². The largest absolute Gasteiger partial charge is 0.465 e. The third kappa shape index (κ3) is 5.87. The second kappa shape index (κ2) is 10.4. The van der Waals surface area contributed by atoms with Gasteiger partial charge in [-0.1, -0.05) is 35.3 Å². The summed E-state index contributed by atoms with van der Waals surface area (Å²) in [5.41, 5.74) is -0.599. The van der Waals surface area contributed by atoms with E-state index in [0.29, 0.717) is 24.1 Å². The van der Waals surface area contributed by atoms with Gasteiger partial charge in [0.05, 0.1) is 29.0 Å². The fourth-order valence-electron chi connectivity index (χ4n) is 3.19. The highest BCUT2D eigenvalue weighted by molar-refractivity contribution is 6.35. The van der Waals surface area contributed by atoms with Crippen LogP contribution in [0.2, 0.25) is 10.0 Å². The van der Waals surface area contributed by atoms with Crippen molar-refractivity contribution in [2.75, 3.05) is 7.11 Å². The zero-order valence-electron chi connectivity index (χ0n) is 17.6. The van der Waals surface area contributed by atoms with Crippen LogP contribution in [0.4, 0.5) is 17.6 Å². The fraction of sp³-hybridized carbons (Fsp3) is 0.167. The SMILES string of the molecule is COC(=O)c1ccc(CCn2c(C=Cc3cc(C(F)(F)F)ccc3F)c(Cl)cc(Cl)c2=O)cc1. The van der Waals surface area contributed by atoms with Gasteiger partial charge in [-0.15, -0.1) is 0 Å². The van der Waals surface area contributed by atoms with E-state index in [1.54, 1.807) is 24.3 Å². The maximum Gasteiger partial charge on any atom is 0.416 e. The molecule has 4 nitrogen and oxygen atoms in total. The lowest BCUT2D eigenvalue weighted by Gasteiger charge is -2.13. The maximum atomic E-state index is 14.1. The second-order valence-electron chi connectivity index (χ2n) is 7.19. The number of hydrogen-bond donors (Lipinski definition) is 0. The van der Waals surface area contributed by atoms with Crippen LogP contribution < -0.4 is 5.56 Å². The van der Waals surface area contributed by atoms with Gasteiger partial charge in [-0.25, -0.2) is 9.18 Å². The van der Waals surface area contributed by atoms with E-state index in [9.17, 15) is 27.2 Å². The number of rotatable bonds is 6. The Morgan fingerprint density at radius 3 is 2.32 bits per heavy atom. The Balaban J connectivity index is 1.93. The quantitative estimate of drug-likeness (QED) is 0.278. The van der Waals surface area contributed by atoms with Crippen LogP contribution in [0.1, 0.15) is 32.7 Å². The first-order valence-electron chi connectivity index (χ1n) is 9.82. The second-order valence-corrected chi connectivity index (χ2v) is 8.00. The van der Waals surface area contributed by atoms with Crippen LogP contribution in [0.3, 0.4) is 0 Å². The average Bonchev–Trinajstić information content (AvgIpc) is 2.79. The average molecular weight is 514 g/mol. The molecule has 3 aromatic rings. The monoisotopic (exact) mass is 513 g/mol. The number of halogens is 6. The minimum Gasteiger partial charge on any atom is -0.465 e. The van der Waals surface area contributed by atoms with Gasteiger partial charge in [0, 0.05) is 12.1 Å². The van der Waals surface area contributed by atoms with E-state index in [-0.39, 0.29) is 27.8 Å². The molecule has 1 aromatic heterocycles. The summed E-state index contributed by atoms with van der Waals surface area (Å²) >= 11 is 12.2. The summed E-state index contributed by atoms with van der Waals surface area (Å²) < 4.78 is 59.0. The molecular formula is C24H17Cl2F4NO3. The molecule has 0 fully saturated rings. The Morgan fingerprint density at radius 1 is 1.03 bits per heavy atom. The Morgan fingerprint density at radius 2 is 1.71 bits per heavy atom. The van der Waals surface area contributed by atoms with Crippen molar-refractivity contribution in [3.05, 3.63) is 103 Å². The van der Waals surface area contributed by atoms with Crippen molar-refractivity contribution >= 4 is 41.3 Å². The number of aromatic nitrogens is 1. The molecule has 3 rings (SSSR count). The first-order chi connectivity index (χ1) is 16.0. The van der Waals surface area contributed by atoms with Gasteiger partial charge in [0.1, 0.15) is 10.8 Å². The Hall–Kier alpha value is -3.10. The summed E-state index contributed by atoms with van der Waals surface area (Å²) in [6.07, 6.45) is -1.92. The highest BCUT2D eigenvalue weighted by atomic mass is 35.5. The zero-order valence-corrected chi connectivity index (χ0v) is 19.1. The van der Waals surface area contributed by atoms with Crippen molar-refractivity contribution in [1.29, 1.82) is 0 Å². The number of carbonyl (C=O) groups excluding carboxylic acids is 1. The number of alkyl halides is 3. The van der Waals surface area contributed by atoms with Crippen LogP contribution in [-0.4, -0.2) is 17.6 Å². The number of hydrogen-bond acceptors (Lipinski definition) is 3. The molecule has 10 heteroatoms. The van der Waals surface area contributed by atoms with Gasteiger partial charge in [-0.2, -0.15) is 13.2 Å². The molecule has 0 unspecified atom stereocenters. The van der Waals surface area contributed by atoms with Gasteiger partial charge in [0.15, 0.2) is 0 Å². The Kier molecular flexibility index (Phi) is 7.84. The lowest BCUT2D eigenvalue weighted by molar-refractivity contribution is -0.137. The first-order valence-corrected chi connectivity index (χ1v) is 10.6. The van der Waals surface area contributed by atoms with Crippen molar-refractivity contribution in [1.82, 2.24) is 4.57 Å². The van der Waals surface area contributed by atoms with Gasteiger partial charge < -0.3 is 9.30 Å². The van der Waals surface area contributed by atoms with Crippen LogP contribution in [0, 0.1) is 5.82 Å². The molecule has 34 heavy (non-hydrogen) atoms. The summed E-state index contributed by atoms with van der Waals surface area (Å²) in [4.78, 5) is 24.2. The molecule has 2 aromatic carbocycles. The normalized spacial score (nSPS) is 11.7. The third-order valence-electron chi connectivity index (χ3n) is 4.98. The van der Waals surface area contributed by atoms with E-state index >= 15 is 0 Å². The van der Waals surface area contributed by atoms with Crippen LogP contribution >= 0.6 is 23.2 Å². The zero-order chi connectivity index (χ0) is 25.0. The molecule has 0 aliphatic carbocycles. The van der Waals surface area contributed by atoms with Crippen LogP contribution in [0.15, 0.2) is 53.3 Å². The summed E-state index contributed by atoms with van der Waals surface area (Å²) in [5, 5.41) is -0.0808. The van der Waals surface area contributed by atoms with Gasteiger partial charge >= 0.3 is 12.1 Å². The third-order valence-corrected chi connectivity index (χ3v) is 5.56. The summed E-state index contributed by atoms with van der Waals surface area (Å²) in [6, 6.07) is 9.78. The van der Waals surface area contributed by atoms with Crippen LogP contribution in [0.25, 0.3) is 12.2 Å². The minimum absolute atomic E-state index is 0.0641. The van der Waals surface area contributed by atoms with E-state index in [1.165, 1.54) is 23.8 Å². The maximum absolute atomic E-state index is 14.1. The topological polar surface area (TPSA) is 48.3 Å². The van der Waals surface area contributed by atoms with E-state index in [0.717, 1.165) is 17.7 Å². The van der Waals surface area contributed by atoms with Gasteiger partial charge in [0.2, 0.25) is 0 Å². The molecule has 0 N–H and O–H groups in total. The molecule has 0 spiro atoms. The number of nitrogens with zero attached hydrogens (tertiary/aromatic N) is 1. The number of methoxy groups -OCH3 is 1. The number of pyridine rings is 1. The lowest BCUT2D eigenvalue weighted by atomic mass is 10.1. The predicted molar refractivity (Wildman–Crippen MR) is 123 cm³/mol. The number of benzene rings is 2. The molecule has 0 saturated carbocycles. The lowest BCUT2D eigenvalue weighted by Crippen LogP contribution is -2.24. The van der Waals surface area contributed by atoms with Gasteiger partial charge in [0.25, 0.3) is 5.56 Å². The molecule has 0 aliphatic heterocycles. The Bertz CT molecular complexity index is 1300. The van der Waals surface area contributed by atoms with Crippen LogP contribution in [-0.2, 0) is 23.9 Å². The van der Waals surface area contributed by atoms with Crippen molar-refractivity contribution in [3.63, 3.8) is 0 Å². The molecular weight excluding hydrogens is 497 g/mol. The number of carbonyl (C=O) groups is 1. The molecule has 0 amide bonds. The van der Waals surface area contributed by atoms with E-state index < -0.39 is 29.1 Å². The predicted octanol–water partition coefficient (Wildman–Crippen LogP) is 6.51. The van der Waals surface area contributed by atoms with E-state index in [2.05, 4.69) is 4.74 Å². The van der Waals surface area contributed by atoms with Crippen molar-refractivity contribution in [3.8, 4) is 0 Å². The molecule has 178 valence electrons. The van der Waals surface area contributed by atoms with Crippen molar-refractivity contribution in [2.45, 2.75) is 19.1 Å². The smallest absolute Gasteiger partial charge is 0.416 e. The summed E-state index contributed by atoms with van der Waals surface area (Å²) in [7, 11) is 1.27. The molecule has 0 saturated heterocycles. The van der Waals surface area contributed by atoms with Gasteiger partial charge in [-0.05, 0) is 60.5 Å². The molecule has 0 radical (unpaired) electrons. The fourth-order valence-corrected chi connectivity index (χ4v) is 3.73. The molecule has 0 bridgehead atoms. The number of aryl methyl sites for hydroxylation is 1. The molecule has 0 atom stereocenters. The Labute approximate surface area is 202 Å². The summed E-state index contributed by atoms with van der Waals surface area (Å²) in [5.74, 6) is -1.35. The number of esters is 1. The van der Waals surface area contributed by atoms with Gasteiger partial charge in [-0.3, -0.25) is 4.79 Å². The van der Waals surface area contributed by atoms with Crippen molar-refractivity contribution < 1.29 is 27.1 Å². The van der Waals surface area contributed by atoms with E-state index in [4.69, 9.17) is 23.2 Å².